The van der Waals surface area contributed by atoms with E-state index < -0.39 is 38.4 Å². The molecular formula is C38H55NO7S2. The molecule has 1 N–H and O–H groups in total. The van der Waals surface area contributed by atoms with E-state index in [4.69, 9.17) is 13.7 Å². The average Bonchev–Trinajstić information content (AvgIpc) is 3.06. The first-order chi connectivity index (χ1) is 23.1. The van der Waals surface area contributed by atoms with Gasteiger partial charge in [0.2, 0.25) is 10.0 Å². The average molecular weight is 702 g/mol. The first kappa shape index (κ1) is 39.8. The minimum atomic E-state index is -4.04. The molecule has 8 nitrogen and oxygen atoms in total. The van der Waals surface area contributed by atoms with E-state index in [0.717, 1.165) is 42.2 Å². The number of benzene rings is 3. The summed E-state index contributed by atoms with van der Waals surface area (Å²) in [6.45, 7) is 4.41. The Bertz CT molecular complexity index is 1500. The number of rotatable bonds is 25. The van der Waals surface area contributed by atoms with Gasteiger partial charge in [-0.2, -0.15) is 8.42 Å². The molecule has 0 fully saturated rings. The summed E-state index contributed by atoms with van der Waals surface area (Å²) in [4.78, 5) is 0.0956. The third-order valence-corrected chi connectivity index (χ3v) is 10.3. The largest absolute Gasteiger partial charge is 0.375 e. The lowest BCUT2D eigenvalue weighted by atomic mass is 9.99. The van der Waals surface area contributed by atoms with Crippen LogP contribution in [0.5, 0.6) is 0 Å². The summed E-state index contributed by atoms with van der Waals surface area (Å²) in [7, 11) is -7.95. The summed E-state index contributed by atoms with van der Waals surface area (Å²) in [5.41, 5.74) is 2.72. The van der Waals surface area contributed by atoms with Crippen LogP contribution in [0.2, 0.25) is 0 Å². The van der Waals surface area contributed by atoms with Crippen molar-refractivity contribution in [1.82, 2.24) is 4.72 Å². The van der Waals surface area contributed by atoms with Crippen LogP contribution in [0.4, 0.5) is 0 Å². The smallest absolute Gasteiger partial charge is 0.264 e. The van der Waals surface area contributed by atoms with E-state index in [0.29, 0.717) is 12.8 Å². The van der Waals surface area contributed by atoms with Crippen molar-refractivity contribution in [3.8, 4) is 0 Å². The lowest BCUT2D eigenvalue weighted by Crippen LogP contribution is -2.53. The molecule has 0 amide bonds. The number of ether oxygens (including phenoxy) is 2. The fourth-order valence-corrected chi connectivity index (χ4v) is 7.52. The van der Waals surface area contributed by atoms with E-state index >= 15 is 0 Å². The van der Waals surface area contributed by atoms with Gasteiger partial charge in [-0.3, -0.25) is 4.18 Å². The minimum absolute atomic E-state index is 0.0684. The van der Waals surface area contributed by atoms with Crippen LogP contribution in [0.1, 0.15) is 94.2 Å². The van der Waals surface area contributed by atoms with Crippen LogP contribution >= 0.6 is 0 Å². The normalized spacial score (nSPS) is 14.1. The molecule has 0 saturated carbocycles. The minimum Gasteiger partial charge on any atom is -0.375 e. The fourth-order valence-electron chi connectivity index (χ4n) is 5.63. The zero-order chi connectivity index (χ0) is 34.7. The first-order valence-corrected chi connectivity index (χ1v) is 20.6. The van der Waals surface area contributed by atoms with Crippen molar-refractivity contribution in [2.75, 3.05) is 12.9 Å². The molecule has 0 aliphatic carbocycles. The second-order valence-corrected chi connectivity index (χ2v) is 15.9. The number of sulfonamides is 1. The van der Waals surface area contributed by atoms with Crippen LogP contribution in [0, 0.1) is 6.92 Å². The molecule has 0 radical (unpaired) electrons. The topological polar surface area (TPSA) is 108 Å². The van der Waals surface area contributed by atoms with E-state index in [2.05, 4.69) is 11.6 Å². The van der Waals surface area contributed by atoms with Gasteiger partial charge in [-0.05, 0) is 36.6 Å². The van der Waals surface area contributed by atoms with Crippen LogP contribution in [0.25, 0.3) is 0 Å². The summed E-state index contributed by atoms with van der Waals surface area (Å²) in [5, 5.41) is 0. The molecular weight excluding hydrogens is 647 g/mol. The van der Waals surface area contributed by atoms with Gasteiger partial charge in [0.05, 0.1) is 37.0 Å². The van der Waals surface area contributed by atoms with Gasteiger partial charge in [0, 0.05) is 0 Å². The Morgan fingerprint density at radius 2 is 1.19 bits per heavy atom. The van der Waals surface area contributed by atoms with Crippen molar-refractivity contribution < 1.29 is 30.5 Å². The lowest BCUT2D eigenvalue weighted by Gasteiger charge is -2.33. The maximum atomic E-state index is 13.7. The van der Waals surface area contributed by atoms with Gasteiger partial charge >= 0.3 is 0 Å². The highest BCUT2D eigenvalue weighted by Gasteiger charge is 2.36. The Balaban J connectivity index is 1.84. The summed E-state index contributed by atoms with van der Waals surface area (Å²) in [5.74, 6) is 0. The molecule has 3 atom stereocenters. The van der Waals surface area contributed by atoms with Gasteiger partial charge in [0.15, 0.2) is 0 Å². The second-order valence-electron chi connectivity index (χ2n) is 12.6. The Kier molecular flexibility index (Phi) is 17.8. The second kappa shape index (κ2) is 21.5. The van der Waals surface area contributed by atoms with Gasteiger partial charge in [0.25, 0.3) is 10.1 Å². The van der Waals surface area contributed by atoms with E-state index in [-0.39, 0.29) is 24.7 Å². The molecule has 3 rings (SSSR count). The number of unbranched alkanes of at least 4 members (excludes halogenated alkanes) is 9. The van der Waals surface area contributed by atoms with E-state index in [1.54, 1.807) is 24.3 Å². The molecule has 0 saturated heterocycles. The van der Waals surface area contributed by atoms with Gasteiger partial charge in [-0.1, -0.05) is 149 Å². The molecule has 0 aromatic heterocycles. The molecule has 10 heteroatoms. The van der Waals surface area contributed by atoms with Crippen molar-refractivity contribution in [3.05, 3.63) is 102 Å². The molecule has 3 aromatic rings. The molecule has 0 bridgehead atoms. The van der Waals surface area contributed by atoms with Gasteiger partial charge in [0.1, 0.15) is 12.2 Å². The van der Waals surface area contributed by atoms with E-state index in [1.807, 2.05) is 67.6 Å². The summed E-state index contributed by atoms with van der Waals surface area (Å²) < 4.78 is 73.8. The van der Waals surface area contributed by atoms with Crippen LogP contribution in [0.15, 0.2) is 89.8 Å². The van der Waals surface area contributed by atoms with Crippen molar-refractivity contribution in [3.63, 3.8) is 0 Å². The van der Waals surface area contributed by atoms with Gasteiger partial charge in [-0.15, -0.1) is 0 Å². The molecule has 0 aliphatic heterocycles. The third-order valence-electron chi connectivity index (χ3n) is 8.24. The lowest BCUT2D eigenvalue weighted by molar-refractivity contribution is -0.0681. The number of hydrogen-bond donors (Lipinski definition) is 1. The fraction of sp³-hybridized carbons (Fsp3) is 0.526. The number of aryl methyl sites for hydroxylation is 1. The number of hydrogen-bond acceptors (Lipinski definition) is 7. The number of nitrogens with one attached hydrogen (secondary N) is 1. The maximum Gasteiger partial charge on any atom is 0.264 e. The quantitative estimate of drug-likeness (QED) is 0.0703. The molecule has 3 aromatic carbocycles. The highest BCUT2D eigenvalue weighted by atomic mass is 32.2. The Hall–Kier alpha value is -2.60. The molecule has 0 heterocycles. The molecule has 266 valence electrons. The zero-order valence-electron chi connectivity index (χ0n) is 28.9. The van der Waals surface area contributed by atoms with Crippen molar-refractivity contribution in [2.24, 2.45) is 0 Å². The molecule has 0 aliphatic rings. The molecule has 48 heavy (non-hydrogen) atoms. The summed E-state index contributed by atoms with van der Waals surface area (Å²) in [6.07, 6.45) is 10.8. The third kappa shape index (κ3) is 15.7. The maximum absolute atomic E-state index is 13.7. The summed E-state index contributed by atoms with van der Waals surface area (Å²) >= 11 is 0. The van der Waals surface area contributed by atoms with Crippen molar-refractivity contribution in [1.29, 1.82) is 0 Å². The van der Waals surface area contributed by atoms with Crippen LogP contribution in [-0.4, -0.2) is 47.9 Å². The Labute approximate surface area is 289 Å². The highest BCUT2D eigenvalue weighted by Crippen LogP contribution is 2.23. The first-order valence-electron chi connectivity index (χ1n) is 17.3. The molecule has 0 spiro atoms. The SMILES string of the molecule is CCCCCCCCCCCC[C@@H](OS(C)(=O)=O)[C@@H](OCc1ccccc1)[C@H](COCc1ccccc1)NS(=O)(=O)c1ccc(C)cc1. The van der Waals surface area contributed by atoms with Gasteiger partial charge in [-0.25, -0.2) is 13.1 Å². The monoisotopic (exact) mass is 701 g/mol. The standard InChI is InChI=1S/C38H55NO7S2/c1-4-5-6-7-8-9-10-11-12-19-24-37(46-47(3,40)41)38(45-30-34-22-17-14-18-23-34)36(31-44-29-33-20-15-13-16-21-33)39-48(42,43)35-27-25-32(2)26-28-35/h13-18,20-23,25-28,36-39H,4-12,19,24,29-31H2,1-3H3/t36-,37+,38-/m0/s1. The Morgan fingerprint density at radius 1 is 0.667 bits per heavy atom. The van der Waals surface area contributed by atoms with Crippen LogP contribution in [-0.2, 0) is 47.0 Å². The zero-order valence-corrected chi connectivity index (χ0v) is 30.5. The van der Waals surface area contributed by atoms with Crippen LogP contribution < -0.4 is 4.72 Å². The van der Waals surface area contributed by atoms with Gasteiger partial charge < -0.3 is 9.47 Å². The Morgan fingerprint density at radius 3 is 1.73 bits per heavy atom. The predicted molar refractivity (Wildman–Crippen MR) is 193 cm³/mol. The van der Waals surface area contributed by atoms with Crippen LogP contribution in [0.3, 0.4) is 0 Å². The van der Waals surface area contributed by atoms with Crippen molar-refractivity contribution in [2.45, 2.75) is 121 Å². The van der Waals surface area contributed by atoms with E-state index in [1.165, 1.54) is 38.5 Å². The predicted octanol–water partition coefficient (Wildman–Crippen LogP) is 8.10. The molecule has 0 unspecified atom stereocenters. The summed E-state index contributed by atoms with van der Waals surface area (Å²) in [6, 6.07) is 24.7. The van der Waals surface area contributed by atoms with Crippen molar-refractivity contribution >= 4 is 20.1 Å². The highest BCUT2D eigenvalue weighted by molar-refractivity contribution is 7.89. The van der Waals surface area contributed by atoms with E-state index in [9.17, 15) is 16.8 Å².